The molecule has 10 heteroatoms. The third-order valence-electron chi connectivity index (χ3n) is 2.71. The Labute approximate surface area is 119 Å². The number of benzene rings is 1. The van der Waals surface area contributed by atoms with Gasteiger partial charge in [0.05, 0.1) is 0 Å². The first-order chi connectivity index (χ1) is 9.80. The van der Waals surface area contributed by atoms with E-state index < -0.39 is 35.8 Å². The molecule has 0 aliphatic rings. The van der Waals surface area contributed by atoms with Gasteiger partial charge in [-0.2, -0.15) is 26.3 Å². The zero-order valence-corrected chi connectivity index (χ0v) is 10.8. The van der Waals surface area contributed by atoms with Gasteiger partial charge in [0.1, 0.15) is 11.9 Å². The second kappa shape index (κ2) is 5.75. The van der Waals surface area contributed by atoms with Crippen LogP contribution in [0.1, 0.15) is 18.6 Å². The lowest BCUT2D eigenvalue weighted by Gasteiger charge is -2.40. The van der Waals surface area contributed by atoms with Crippen molar-refractivity contribution in [3.05, 3.63) is 35.6 Å². The Kier molecular flexibility index (Phi) is 4.76. The maximum Gasteiger partial charge on any atom is 0.399 e. The van der Waals surface area contributed by atoms with Crippen LogP contribution >= 0.6 is 0 Å². The van der Waals surface area contributed by atoms with Crippen LogP contribution in [0.4, 0.5) is 30.7 Å². The highest BCUT2D eigenvalue weighted by molar-refractivity contribution is 5.81. The van der Waals surface area contributed by atoms with Crippen LogP contribution in [0.25, 0.3) is 0 Å². The lowest BCUT2D eigenvalue weighted by Crippen LogP contribution is -2.71. The fourth-order valence-corrected chi connectivity index (χ4v) is 1.44. The van der Waals surface area contributed by atoms with Gasteiger partial charge < -0.3 is 9.84 Å². The van der Waals surface area contributed by atoms with Gasteiger partial charge in [0, 0.05) is 0 Å². The summed E-state index contributed by atoms with van der Waals surface area (Å²) >= 11 is 0. The summed E-state index contributed by atoms with van der Waals surface area (Å²) < 4.78 is 90.9. The van der Waals surface area contributed by atoms with Gasteiger partial charge >= 0.3 is 18.3 Å². The van der Waals surface area contributed by atoms with Crippen LogP contribution in [-0.2, 0) is 9.53 Å². The summed E-state index contributed by atoms with van der Waals surface area (Å²) in [5, 5.41) is 11.1. The van der Waals surface area contributed by atoms with Gasteiger partial charge in [-0.25, -0.2) is 4.39 Å². The summed E-state index contributed by atoms with van der Waals surface area (Å²) in [7, 11) is 0. The molecule has 1 rings (SSSR count). The van der Waals surface area contributed by atoms with Crippen molar-refractivity contribution in [2.45, 2.75) is 31.0 Å². The molecular formula is C12H8F7O3-. The van der Waals surface area contributed by atoms with Crippen molar-refractivity contribution in [2.75, 3.05) is 0 Å². The number of hydrogen-bond acceptors (Lipinski definition) is 3. The number of esters is 1. The monoisotopic (exact) mass is 333 g/mol. The van der Waals surface area contributed by atoms with Crippen molar-refractivity contribution in [2.24, 2.45) is 0 Å². The summed E-state index contributed by atoms with van der Waals surface area (Å²) in [5.41, 5.74) is -5.98. The van der Waals surface area contributed by atoms with E-state index in [1.165, 1.54) is 0 Å². The molecule has 124 valence electrons. The van der Waals surface area contributed by atoms with E-state index in [9.17, 15) is 40.6 Å². The fraction of sp³-hybridized carbons (Fsp3) is 0.417. The molecule has 3 nitrogen and oxygen atoms in total. The van der Waals surface area contributed by atoms with E-state index in [0.29, 0.717) is 0 Å². The number of carbonyl (C=O) groups excluding carboxylic acids is 1. The van der Waals surface area contributed by atoms with E-state index in [1.807, 2.05) is 0 Å². The van der Waals surface area contributed by atoms with Crippen LogP contribution in [0.2, 0.25) is 0 Å². The molecule has 0 aliphatic heterocycles. The van der Waals surface area contributed by atoms with Crippen molar-refractivity contribution in [1.82, 2.24) is 0 Å². The van der Waals surface area contributed by atoms with Crippen molar-refractivity contribution in [3.63, 3.8) is 0 Å². The normalized spacial score (nSPS) is 14.6. The van der Waals surface area contributed by atoms with Crippen LogP contribution < -0.4 is 5.11 Å². The second-order valence-electron chi connectivity index (χ2n) is 4.28. The van der Waals surface area contributed by atoms with Crippen LogP contribution in [0.15, 0.2) is 24.3 Å². The molecule has 0 radical (unpaired) electrons. The quantitative estimate of drug-likeness (QED) is 0.631. The average Bonchev–Trinajstić information content (AvgIpc) is 2.35. The van der Waals surface area contributed by atoms with Gasteiger partial charge in [-0.1, -0.05) is 12.1 Å². The summed E-state index contributed by atoms with van der Waals surface area (Å²) in [4.78, 5) is 11.2. The van der Waals surface area contributed by atoms with Crippen LogP contribution in [0, 0.1) is 5.82 Å². The molecule has 1 unspecified atom stereocenters. The summed E-state index contributed by atoms with van der Waals surface area (Å²) in [6.07, 6.45) is -14.5. The third kappa shape index (κ3) is 3.32. The zero-order chi connectivity index (χ0) is 17.3. The second-order valence-corrected chi connectivity index (χ2v) is 4.28. The number of hydrogen-bond donors (Lipinski definition) is 0. The maximum atomic E-state index is 12.7. The molecule has 0 aliphatic carbocycles. The van der Waals surface area contributed by atoms with Crippen LogP contribution in [0.3, 0.4) is 0 Å². The highest BCUT2D eigenvalue weighted by Gasteiger charge is 2.68. The van der Waals surface area contributed by atoms with E-state index in [2.05, 4.69) is 4.74 Å². The summed E-state index contributed by atoms with van der Waals surface area (Å²) in [5.74, 6) is -3.74. The number of ether oxygens (including phenoxy) is 1. The molecule has 0 spiro atoms. The average molecular weight is 333 g/mol. The highest BCUT2D eigenvalue weighted by Crippen LogP contribution is 2.42. The van der Waals surface area contributed by atoms with Crippen molar-refractivity contribution < 1.29 is 45.4 Å². The SMILES string of the molecule is CC(OC(=O)C([O-])(C(F)(F)F)C(F)(F)F)c1ccc(F)cc1. The molecule has 0 heterocycles. The standard InChI is InChI=1S/C12H8F7O3/c1-6(7-2-4-8(13)5-3-7)22-9(20)10(21,11(14,15)16)12(17,18)19/h2-6H,1H3/q-1. The molecule has 0 bridgehead atoms. The van der Waals surface area contributed by atoms with Crippen LogP contribution in [-0.4, -0.2) is 23.9 Å². The van der Waals surface area contributed by atoms with Gasteiger partial charge in [0.15, 0.2) is 5.60 Å². The first-order valence-corrected chi connectivity index (χ1v) is 5.61. The first kappa shape index (κ1) is 18.2. The van der Waals surface area contributed by atoms with E-state index in [4.69, 9.17) is 0 Å². The van der Waals surface area contributed by atoms with Crippen molar-refractivity contribution >= 4 is 5.97 Å². The predicted molar refractivity (Wildman–Crippen MR) is 55.7 cm³/mol. The van der Waals surface area contributed by atoms with Crippen molar-refractivity contribution in [1.29, 1.82) is 0 Å². The molecule has 0 saturated heterocycles. The third-order valence-corrected chi connectivity index (χ3v) is 2.71. The first-order valence-electron chi connectivity index (χ1n) is 5.61. The van der Waals surface area contributed by atoms with E-state index in [0.717, 1.165) is 31.2 Å². The van der Waals surface area contributed by atoms with Gasteiger partial charge in [-0.15, -0.1) is 0 Å². The minimum absolute atomic E-state index is 0.0820. The molecule has 1 aromatic carbocycles. The number of carbonyl (C=O) groups is 1. The molecule has 0 amide bonds. The van der Waals surface area contributed by atoms with E-state index in [-0.39, 0.29) is 5.56 Å². The molecule has 0 fully saturated rings. The number of halogens is 7. The lowest BCUT2D eigenvalue weighted by molar-refractivity contribution is -0.574. The minimum atomic E-state index is -6.43. The fourth-order valence-electron chi connectivity index (χ4n) is 1.44. The highest BCUT2D eigenvalue weighted by atomic mass is 19.4. The van der Waals surface area contributed by atoms with E-state index >= 15 is 0 Å². The van der Waals surface area contributed by atoms with Crippen molar-refractivity contribution in [3.8, 4) is 0 Å². The molecule has 0 saturated carbocycles. The number of alkyl halides is 6. The molecule has 0 aromatic heterocycles. The van der Waals surface area contributed by atoms with Crippen LogP contribution in [0.5, 0.6) is 0 Å². The molecular weight excluding hydrogens is 325 g/mol. The van der Waals surface area contributed by atoms with Gasteiger partial charge in [0.25, 0.3) is 0 Å². The Morgan fingerprint density at radius 1 is 1.05 bits per heavy atom. The Bertz CT molecular complexity index is 519. The smallest absolute Gasteiger partial charge is 0.399 e. The molecule has 22 heavy (non-hydrogen) atoms. The Balaban J connectivity index is 3.05. The molecule has 1 aromatic rings. The Morgan fingerprint density at radius 2 is 1.45 bits per heavy atom. The number of rotatable bonds is 3. The predicted octanol–water partition coefficient (Wildman–Crippen LogP) is 2.65. The van der Waals surface area contributed by atoms with Gasteiger partial charge in [-0.3, -0.25) is 4.79 Å². The molecule has 1 atom stereocenters. The summed E-state index contributed by atoms with van der Waals surface area (Å²) in [6.45, 7) is 0.943. The molecule has 0 N–H and O–H groups in total. The van der Waals surface area contributed by atoms with Gasteiger partial charge in [0.2, 0.25) is 0 Å². The lowest BCUT2D eigenvalue weighted by atomic mass is 10.0. The van der Waals surface area contributed by atoms with E-state index in [1.54, 1.807) is 0 Å². The minimum Gasteiger partial charge on any atom is -0.828 e. The Morgan fingerprint density at radius 3 is 1.82 bits per heavy atom. The summed E-state index contributed by atoms with van der Waals surface area (Å²) in [6, 6.07) is 3.69. The topological polar surface area (TPSA) is 49.4 Å². The largest absolute Gasteiger partial charge is 0.828 e. The van der Waals surface area contributed by atoms with Gasteiger partial charge in [-0.05, 0) is 24.6 Å². The maximum absolute atomic E-state index is 12.7. The Hall–Kier alpha value is -1.84. The zero-order valence-electron chi connectivity index (χ0n) is 10.8.